The lowest BCUT2D eigenvalue weighted by Crippen LogP contribution is -2.12. The zero-order valence-electron chi connectivity index (χ0n) is 12.2. The quantitative estimate of drug-likeness (QED) is 0.660. The SMILES string of the molecule is CC(C)c1ccc(NC(=O)c2ccc([N+](=O)[O-])cc2Cl)cc1. The minimum absolute atomic E-state index is 0.0468. The zero-order chi connectivity index (χ0) is 16.3. The third-order valence-corrected chi connectivity index (χ3v) is 3.56. The molecule has 2 aromatic carbocycles. The highest BCUT2D eigenvalue weighted by Gasteiger charge is 2.15. The summed E-state index contributed by atoms with van der Waals surface area (Å²) in [5.74, 6) is 0.00561. The number of amides is 1. The van der Waals surface area contributed by atoms with Crippen LogP contribution in [0.1, 0.15) is 35.7 Å². The summed E-state index contributed by atoms with van der Waals surface area (Å²) in [6.07, 6.45) is 0. The van der Waals surface area contributed by atoms with Crippen LogP contribution in [-0.2, 0) is 0 Å². The topological polar surface area (TPSA) is 72.2 Å². The van der Waals surface area contributed by atoms with Gasteiger partial charge in [-0.1, -0.05) is 37.6 Å². The van der Waals surface area contributed by atoms with E-state index in [2.05, 4.69) is 19.2 Å². The van der Waals surface area contributed by atoms with Crippen molar-refractivity contribution >= 4 is 28.9 Å². The van der Waals surface area contributed by atoms with E-state index in [9.17, 15) is 14.9 Å². The van der Waals surface area contributed by atoms with Crippen LogP contribution in [-0.4, -0.2) is 10.8 Å². The van der Waals surface area contributed by atoms with Crippen molar-refractivity contribution in [2.45, 2.75) is 19.8 Å². The van der Waals surface area contributed by atoms with Crippen molar-refractivity contribution in [3.63, 3.8) is 0 Å². The van der Waals surface area contributed by atoms with Crippen LogP contribution in [0.3, 0.4) is 0 Å². The summed E-state index contributed by atoms with van der Waals surface area (Å²) in [6.45, 7) is 4.18. The van der Waals surface area contributed by atoms with Crippen molar-refractivity contribution in [2.24, 2.45) is 0 Å². The minimum Gasteiger partial charge on any atom is -0.322 e. The summed E-state index contributed by atoms with van der Waals surface area (Å²) in [7, 11) is 0. The molecular formula is C16H15ClN2O3. The highest BCUT2D eigenvalue weighted by Crippen LogP contribution is 2.24. The smallest absolute Gasteiger partial charge is 0.270 e. The van der Waals surface area contributed by atoms with Gasteiger partial charge in [-0.3, -0.25) is 14.9 Å². The molecule has 2 aromatic rings. The maximum atomic E-state index is 12.2. The van der Waals surface area contributed by atoms with E-state index in [1.54, 1.807) is 0 Å². The fourth-order valence-electron chi connectivity index (χ4n) is 1.95. The Labute approximate surface area is 133 Å². The first kappa shape index (κ1) is 16.0. The molecule has 1 N–H and O–H groups in total. The molecule has 0 heterocycles. The average Bonchev–Trinajstić information content (AvgIpc) is 2.47. The third kappa shape index (κ3) is 3.62. The first-order chi connectivity index (χ1) is 10.4. The van der Waals surface area contributed by atoms with Gasteiger partial charge in [-0.15, -0.1) is 0 Å². The summed E-state index contributed by atoms with van der Waals surface area (Å²) in [5.41, 5.74) is 1.86. The number of carbonyl (C=O) groups excluding carboxylic acids is 1. The molecule has 2 rings (SSSR count). The summed E-state index contributed by atoms with van der Waals surface area (Å²) in [5, 5.41) is 13.4. The second-order valence-corrected chi connectivity index (χ2v) is 5.56. The Morgan fingerprint density at radius 1 is 1.18 bits per heavy atom. The first-order valence-electron chi connectivity index (χ1n) is 6.73. The number of nitro benzene ring substituents is 1. The van der Waals surface area contributed by atoms with E-state index in [0.717, 1.165) is 0 Å². The Hall–Kier alpha value is -2.40. The van der Waals surface area contributed by atoms with E-state index in [-0.39, 0.29) is 16.3 Å². The number of hydrogen-bond donors (Lipinski definition) is 1. The van der Waals surface area contributed by atoms with Crippen molar-refractivity contribution in [1.82, 2.24) is 0 Å². The van der Waals surface area contributed by atoms with Crippen molar-refractivity contribution < 1.29 is 9.72 Å². The van der Waals surface area contributed by atoms with Crippen molar-refractivity contribution in [3.05, 3.63) is 68.7 Å². The van der Waals surface area contributed by atoms with Crippen molar-refractivity contribution in [1.29, 1.82) is 0 Å². The molecular weight excluding hydrogens is 304 g/mol. The Kier molecular flexibility index (Phi) is 4.78. The van der Waals surface area contributed by atoms with E-state index < -0.39 is 10.8 Å². The van der Waals surface area contributed by atoms with Crippen LogP contribution < -0.4 is 5.32 Å². The molecule has 5 nitrogen and oxygen atoms in total. The van der Waals surface area contributed by atoms with Crippen LogP contribution in [0.4, 0.5) is 11.4 Å². The van der Waals surface area contributed by atoms with Gasteiger partial charge in [0.1, 0.15) is 0 Å². The van der Waals surface area contributed by atoms with Crippen LogP contribution in [0.2, 0.25) is 5.02 Å². The Balaban J connectivity index is 2.17. The lowest BCUT2D eigenvalue weighted by atomic mass is 10.0. The van der Waals surface area contributed by atoms with Crippen molar-refractivity contribution in [3.8, 4) is 0 Å². The van der Waals surface area contributed by atoms with Gasteiger partial charge in [-0.25, -0.2) is 0 Å². The van der Waals surface area contributed by atoms with E-state index >= 15 is 0 Å². The summed E-state index contributed by atoms with van der Waals surface area (Å²) in [4.78, 5) is 22.3. The maximum absolute atomic E-state index is 12.2. The molecule has 0 saturated heterocycles. The number of hydrogen-bond acceptors (Lipinski definition) is 3. The predicted octanol–water partition coefficient (Wildman–Crippen LogP) is 4.62. The van der Waals surface area contributed by atoms with Gasteiger partial charge in [-0.05, 0) is 29.7 Å². The van der Waals surface area contributed by atoms with E-state index in [4.69, 9.17) is 11.6 Å². The number of carbonyl (C=O) groups is 1. The van der Waals surface area contributed by atoms with Gasteiger partial charge in [0.25, 0.3) is 11.6 Å². The second-order valence-electron chi connectivity index (χ2n) is 5.15. The minimum atomic E-state index is -0.557. The maximum Gasteiger partial charge on any atom is 0.270 e. The molecule has 0 spiro atoms. The molecule has 22 heavy (non-hydrogen) atoms. The van der Waals surface area contributed by atoms with Crippen LogP contribution in [0, 0.1) is 10.1 Å². The molecule has 0 saturated carbocycles. The molecule has 0 radical (unpaired) electrons. The van der Waals surface area contributed by atoms with Crippen LogP contribution in [0.5, 0.6) is 0 Å². The molecule has 1 amide bonds. The van der Waals surface area contributed by atoms with Crippen LogP contribution in [0.25, 0.3) is 0 Å². The number of nitrogens with one attached hydrogen (secondary N) is 1. The molecule has 6 heteroatoms. The number of rotatable bonds is 4. The Morgan fingerprint density at radius 2 is 1.82 bits per heavy atom. The standard InChI is InChI=1S/C16H15ClN2O3/c1-10(2)11-3-5-12(6-4-11)18-16(20)14-8-7-13(19(21)22)9-15(14)17/h3-10H,1-2H3,(H,18,20). The fraction of sp³-hybridized carbons (Fsp3) is 0.188. The highest BCUT2D eigenvalue weighted by molar-refractivity contribution is 6.34. The van der Waals surface area contributed by atoms with E-state index in [0.29, 0.717) is 11.6 Å². The third-order valence-electron chi connectivity index (χ3n) is 3.24. The summed E-state index contributed by atoms with van der Waals surface area (Å²) >= 11 is 5.94. The predicted molar refractivity (Wildman–Crippen MR) is 86.6 cm³/mol. The lowest BCUT2D eigenvalue weighted by Gasteiger charge is -2.09. The first-order valence-corrected chi connectivity index (χ1v) is 7.11. The molecule has 0 aliphatic carbocycles. The lowest BCUT2D eigenvalue weighted by molar-refractivity contribution is -0.384. The van der Waals surface area contributed by atoms with Crippen LogP contribution >= 0.6 is 11.6 Å². The molecule has 0 fully saturated rings. The number of benzene rings is 2. The average molecular weight is 319 g/mol. The number of non-ortho nitro benzene ring substituents is 1. The number of nitro groups is 1. The molecule has 0 aromatic heterocycles. The summed E-state index contributed by atoms with van der Waals surface area (Å²) < 4.78 is 0. The molecule has 114 valence electrons. The number of nitrogens with zero attached hydrogens (tertiary/aromatic N) is 1. The van der Waals surface area contributed by atoms with Gasteiger partial charge in [0.2, 0.25) is 0 Å². The Bertz CT molecular complexity index is 712. The second kappa shape index (κ2) is 6.58. The molecule has 0 aliphatic heterocycles. The van der Waals surface area contributed by atoms with Gasteiger partial charge < -0.3 is 5.32 Å². The number of halogens is 1. The monoisotopic (exact) mass is 318 g/mol. The van der Waals surface area contributed by atoms with E-state index in [1.165, 1.54) is 23.8 Å². The molecule has 0 unspecified atom stereocenters. The van der Waals surface area contributed by atoms with E-state index in [1.807, 2.05) is 24.3 Å². The van der Waals surface area contributed by atoms with Gasteiger partial charge in [0.05, 0.1) is 15.5 Å². The molecule has 0 aliphatic rings. The fourth-order valence-corrected chi connectivity index (χ4v) is 2.21. The largest absolute Gasteiger partial charge is 0.322 e. The van der Waals surface area contributed by atoms with Gasteiger partial charge in [0, 0.05) is 17.8 Å². The summed E-state index contributed by atoms with van der Waals surface area (Å²) in [6, 6.07) is 11.3. The zero-order valence-corrected chi connectivity index (χ0v) is 12.9. The van der Waals surface area contributed by atoms with Gasteiger partial charge in [0.15, 0.2) is 0 Å². The van der Waals surface area contributed by atoms with Crippen molar-refractivity contribution in [2.75, 3.05) is 5.32 Å². The normalized spacial score (nSPS) is 10.5. The number of anilines is 1. The molecule has 0 atom stereocenters. The van der Waals surface area contributed by atoms with Gasteiger partial charge >= 0.3 is 0 Å². The highest BCUT2D eigenvalue weighted by atomic mass is 35.5. The Morgan fingerprint density at radius 3 is 2.32 bits per heavy atom. The van der Waals surface area contributed by atoms with Crippen LogP contribution in [0.15, 0.2) is 42.5 Å². The molecule has 0 bridgehead atoms. The van der Waals surface area contributed by atoms with Gasteiger partial charge in [-0.2, -0.15) is 0 Å².